The smallest absolute Gasteiger partial charge is 0.403 e. The molecule has 0 aliphatic heterocycles. The van der Waals surface area contributed by atoms with E-state index in [2.05, 4.69) is 4.74 Å². The van der Waals surface area contributed by atoms with Gasteiger partial charge >= 0.3 is 6.36 Å². The van der Waals surface area contributed by atoms with Crippen LogP contribution in [0.15, 0.2) is 12.1 Å². The zero-order chi connectivity index (χ0) is 12.6. The molecule has 94 valence electrons. The number of fused-ring (bicyclic) bond motifs is 1. The molecule has 5 heteroatoms. The Morgan fingerprint density at radius 1 is 1.29 bits per heavy atom. The highest BCUT2D eigenvalue weighted by molar-refractivity contribution is 5.39. The predicted molar refractivity (Wildman–Crippen MR) is 54.3 cm³/mol. The maximum absolute atomic E-state index is 13.8. The van der Waals surface area contributed by atoms with Crippen molar-refractivity contribution in [2.75, 3.05) is 0 Å². The van der Waals surface area contributed by atoms with Crippen molar-refractivity contribution in [1.29, 1.82) is 0 Å². The number of rotatable bonds is 1. The van der Waals surface area contributed by atoms with Gasteiger partial charge in [-0.3, -0.25) is 0 Å². The van der Waals surface area contributed by atoms with Crippen LogP contribution < -0.4 is 4.74 Å². The highest BCUT2D eigenvalue weighted by Gasteiger charge is 2.33. The lowest BCUT2D eigenvalue weighted by Gasteiger charge is -2.23. The molecule has 0 aromatic heterocycles. The summed E-state index contributed by atoms with van der Waals surface area (Å²) in [5.74, 6) is -1.16. The standard InChI is InChI=1S/C12H12F4O/c1-7-2-4-9-8(6-7)3-5-10(11(9)13)17-12(14,15)16/h3,5,7H,2,4,6H2,1H3. The zero-order valence-corrected chi connectivity index (χ0v) is 9.27. The topological polar surface area (TPSA) is 9.23 Å². The first-order valence-corrected chi connectivity index (χ1v) is 5.43. The van der Waals surface area contributed by atoms with E-state index in [-0.39, 0.29) is 0 Å². The fourth-order valence-electron chi connectivity index (χ4n) is 2.17. The third-order valence-corrected chi connectivity index (χ3v) is 2.99. The van der Waals surface area contributed by atoms with Crippen molar-refractivity contribution in [1.82, 2.24) is 0 Å². The lowest BCUT2D eigenvalue weighted by atomic mass is 9.84. The molecule has 0 saturated carbocycles. The first-order chi connectivity index (χ1) is 7.87. The second-order valence-electron chi connectivity index (χ2n) is 4.41. The fourth-order valence-corrected chi connectivity index (χ4v) is 2.17. The van der Waals surface area contributed by atoms with E-state index in [0.29, 0.717) is 24.3 Å². The monoisotopic (exact) mass is 248 g/mol. The summed E-state index contributed by atoms with van der Waals surface area (Å²) >= 11 is 0. The third kappa shape index (κ3) is 2.70. The average molecular weight is 248 g/mol. The molecule has 2 rings (SSSR count). The summed E-state index contributed by atoms with van der Waals surface area (Å²) in [6, 6.07) is 2.58. The summed E-state index contributed by atoms with van der Waals surface area (Å²) in [5, 5.41) is 0. The second kappa shape index (κ2) is 4.20. The minimum atomic E-state index is -4.85. The Morgan fingerprint density at radius 2 is 2.00 bits per heavy atom. The van der Waals surface area contributed by atoms with Crippen molar-refractivity contribution in [2.24, 2.45) is 5.92 Å². The molecule has 0 amide bonds. The Hall–Kier alpha value is -1.26. The molecule has 1 aromatic rings. The van der Waals surface area contributed by atoms with Crippen LogP contribution in [0.4, 0.5) is 17.6 Å². The van der Waals surface area contributed by atoms with E-state index >= 15 is 0 Å². The van der Waals surface area contributed by atoms with E-state index in [0.717, 1.165) is 18.1 Å². The highest BCUT2D eigenvalue weighted by Crippen LogP contribution is 2.34. The van der Waals surface area contributed by atoms with Gasteiger partial charge in [0, 0.05) is 0 Å². The van der Waals surface area contributed by atoms with E-state index in [4.69, 9.17) is 0 Å². The van der Waals surface area contributed by atoms with Gasteiger partial charge in [-0.25, -0.2) is 4.39 Å². The lowest BCUT2D eigenvalue weighted by Crippen LogP contribution is -2.20. The number of alkyl halides is 3. The molecule has 0 bridgehead atoms. The van der Waals surface area contributed by atoms with Crippen LogP contribution in [0.2, 0.25) is 0 Å². The Labute approximate surface area is 96.4 Å². The van der Waals surface area contributed by atoms with Crippen LogP contribution in [0.1, 0.15) is 24.5 Å². The normalized spacial score (nSPS) is 19.9. The van der Waals surface area contributed by atoms with Crippen LogP contribution in [-0.4, -0.2) is 6.36 Å². The van der Waals surface area contributed by atoms with Gasteiger partial charge in [-0.2, -0.15) is 0 Å². The Kier molecular flexibility index (Phi) is 3.02. The molecule has 0 saturated heterocycles. The molecule has 0 spiro atoms. The van der Waals surface area contributed by atoms with Crippen LogP contribution in [0.25, 0.3) is 0 Å². The fraction of sp³-hybridized carbons (Fsp3) is 0.500. The SMILES string of the molecule is CC1CCc2c(ccc(OC(F)(F)F)c2F)C1. The number of benzene rings is 1. The molecule has 0 radical (unpaired) electrons. The van der Waals surface area contributed by atoms with Gasteiger partial charge in [0.25, 0.3) is 0 Å². The van der Waals surface area contributed by atoms with E-state index in [1.165, 1.54) is 6.07 Å². The van der Waals surface area contributed by atoms with Gasteiger partial charge in [-0.1, -0.05) is 13.0 Å². The first kappa shape index (κ1) is 12.2. The number of halogens is 4. The van der Waals surface area contributed by atoms with Crippen molar-refractivity contribution >= 4 is 0 Å². The van der Waals surface area contributed by atoms with Crippen LogP contribution in [-0.2, 0) is 12.8 Å². The van der Waals surface area contributed by atoms with Crippen LogP contribution in [0.3, 0.4) is 0 Å². The lowest BCUT2D eigenvalue weighted by molar-refractivity contribution is -0.275. The van der Waals surface area contributed by atoms with Crippen molar-refractivity contribution in [3.05, 3.63) is 29.1 Å². The predicted octanol–water partition coefficient (Wildman–Crippen LogP) is 3.85. The number of hydrogen-bond donors (Lipinski definition) is 0. The molecule has 1 aromatic carbocycles. The van der Waals surface area contributed by atoms with Gasteiger partial charge in [0.15, 0.2) is 11.6 Å². The molecule has 1 nitrogen and oxygen atoms in total. The van der Waals surface area contributed by atoms with Crippen LogP contribution in [0.5, 0.6) is 5.75 Å². The highest BCUT2D eigenvalue weighted by atomic mass is 19.4. The molecule has 1 aliphatic rings. The molecule has 1 aliphatic carbocycles. The van der Waals surface area contributed by atoms with Gasteiger partial charge in [0.1, 0.15) is 0 Å². The van der Waals surface area contributed by atoms with Crippen LogP contribution >= 0.6 is 0 Å². The summed E-state index contributed by atoms with van der Waals surface area (Å²) in [6.45, 7) is 2.04. The van der Waals surface area contributed by atoms with E-state index < -0.39 is 17.9 Å². The summed E-state index contributed by atoms with van der Waals surface area (Å²) in [4.78, 5) is 0. The third-order valence-electron chi connectivity index (χ3n) is 2.99. The molecule has 0 N–H and O–H groups in total. The molecule has 0 fully saturated rings. The van der Waals surface area contributed by atoms with Crippen molar-refractivity contribution in [3.63, 3.8) is 0 Å². The van der Waals surface area contributed by atoms with Crippen molar-refractivity contribution < 1.29 is 22.3 Å². The van der Waals surface area contributed by atoms with E-state index in [9.17, 15) is 17.6 Å². The maximum Gasteiger partial charge on any atom is 0.573 e. The number of hydrogen-bond acceptors (Lipinski definition) is 1. The van der Waals surface area contributed by atoms with Gasteiger partial charge in [0.05, 0.1) is 0 Å². The van der Waals surface area contributed by atoms with Crippen molar-refractivity contribution in [2.45, 2.75) is 32.5 Å². The summed E-state index contributed by atoms with van der Waals surface area (Å²) in [7, 11) is 0. The average Bonchev–Trinajstić information content (AvgIpc) is 2.20. The van der Waals surface area contributed by atoms with Crippen molar-refractivity contribution in [3.8, 4) is 5.75 Å². The maximum atomic E-state index is 13.8. The van der Waals surface area contributed by atoms with Gasteiger partial charge in [-0.05, 0) is 42.4 Å². The van der Waals surface area contributed by atoms with E-state index in [1.54, 1.807) is 0 Å². The summed E-state index contributed by atoms with van der Waals surface area (Å²) < 4.78 is 53.5. The molecular formula is C12H12F4O. The minimum Gasteiger partial charge on any atom is -0.403 e. The summed E-state index contributed by atoms with van der Waals surface area (Å²) in [5.41, 5.74) is 1.15. The zero-order valence-electron chi connectivity index (χ0n) is 9.27. The summed E-state index contributed by atoms with van der Waals surface area (Å²) in [6.07, 6.45) is -2.88. The minimum absolute atomic E-state index is 0.366. The Bertz CT molecular complexity index is 425. The largest absolute Gasteiger partial charge is 0.573 e. The molecule has 0 heterocycles. The molecule has 1 atom stereocenters. The Morgan fingerprint density at radius 3 is 2.65 bits per heavy atom. The quantitative estimate of drug-likeness (QED) is 0.686. The van der Waals surface area contributed by atoms with Crippen LogP contribution in [0, 0.1) is 11.7 Å². The molecule has 1 unspecified atom stereocenters. The van der Waals surface area contributed by atoms with Gasteiger partial charge < -0.3 is 4.74 Å². The van der Waals surface area contributed by atoms with Gasteiger partial charge in [0.2, 0.25) is 0 Å². The molecule has 17 heavy (non-hydrogen) atoms. The second-order valence-corrected chi connectivity index (χ2v) is 4.41. The Balaban J connectivity index is 2.33. The first-order valence-electron chi connectivity index (χ1n) is 5.43. The number of ether oxygens (including phenoxy) is 1. The molecular weight excluding hydrogens is 236 g/mol. The van der Waals surface area contributed by atoms with Gasteiger partial charge in [-0.15, -0.1) is 13.2 Å². The van der Waals surface area contributed by atoms with E-state index in [1.807, 2.05) is 6.92 Å².